The quantitative estimate of drug-likeness (QED) is 0.862. The van der Waals surface area contributed by atoms with Gasteiger partial charge in [-0.15, -0.1) is 0 Å². The zero-order valence-electron chi connectivity index (χ0n) is 14.5. The smallest absolute Gasteiger partial charge is 0.254 e. The third kappa shape index (κ3) is 4.32. The van der Waals surface area contributed by atoms with Crippen LogP contribution in [0.25, 0.3) is 0 Å². The molecule has 0 spiro atoms. The Labute approximate surface area is 142 Å². The van der Waals surface area contributed by atoms with Crippen molar-refractivity contribution in [3.63, 3.8) is 0 Å². The van der Waals surface area contributed by atoms with Crippen LogP contribution in [-0.4, -0.2) is 48.9 Å². The van der Waals surface area contributed by atoms with Crippen LogP contribution < -0.4 is 10.6 Å². The van der Waals surface area contributed by atoms with Gasteiger partial charge in [0.2, 0.25) is 5.91 Å². The summed E-state index contributed by atoms with van der Waals surface area (Å²) < 4.78 is 13.8. The Bertz CT molecular complexity index is 583. The van der Waals surface area contributed by atoms with E-state index >= 15 is 0 Å². The maximum absolute atomic E-state index is 13.8. The number of benzene rings is 1. The van der Waals surface area contributed by atoms with Crippen molar-refractivity contribution in [3.05, 3.63) is 35.6 Å². The Morgan fingerprint density at radius 3 is 2.38 bits per heavy atom. The van der Waals surface area contributed by atoms with Gasteiger partial charge >= 0.3 is 0 Å². The number of carbonyl (C=O) groups is 2. The molecule has 1 fully saturated rings. The minimum absolute atomic E-state index is 0.0372. The third-order valence-electron chi connectivity index (χ3n) is 4.55. The molecular formula is C18H26FN3O2. The molecule has 2 rings (SSSR count). The molecule has 2 N–H and O–H groups in total. The summed E-state index contributed by atoms with van der Waals surface area (Å²) in [4.78, 5) is 26.9. The first-order valence-electron chi connectivity index (χ1n) is 8.45. The molecule has 1 aromatic carbocycles. The number of rotatable bonds is 5. The van der Waals surface area contributed by atoms with E-state index in [1.54, 1.807) is 11.0 Å². The van der Waals surface area contributed by atoms with Crippen LogP contribution in [-0.2, 0) is 4.79 Å². The third-order valence-corrected chi connectivity index (χ3v) is 4.55. The van der Waals surface area contributed by atoms with Gasteiger partial charge in [-0.2, -0.15) is 0 Å². The normalized spacial score (nSPS) is 17.0. The van der Waals surface area contributed by atoms with E-state index in [2.05, 4.69) is 10.6 Å². The van der Waals surface area contributed by atoms with Crippen LogP contribution in [0.2, 0.25) is 0 Å². The lowest BCUT2D eigenvalue weighted by Crippen LogP contribution is -2.54. The number of hydrogen-bond donors (Lipinski definition) is 2. The highest BCUT2D eigenvalue weighted by molar-refractivity contribution is 5.97. The van der Waals surface area contributed by atoms with Crippen LogP contribution in [0.1, 0.15) is 37.0 Å². The number of hydrogen-bond acceptors (Lipinski definition) is 3. The van der Waals surface area contributed by atoms with E-state index in [9.17, 15) is 14.0 Å². The summed E-state index contributed by atoms with van der Waals surface area (Å²) in [6, 6.07) is 5.58. The maximum Gasteiger partial charge on any atom is 0.254 e. The molecule has 0 aromatic heterocycles. The van der Waals surface area contributed by atoms with E-state index in [1.165, 1.54) is 18.2 Å². The van der Waals surface area contributed by atoms with Crippen LogP contribution in [0.4, 0.5) is 4.39 Å². The van der Waals surface area contributed by atoms with Crippen LogP contribution >= 0.6 is 0 Å². The lowest BCUT2D eigenvalue weighted by molar-refractivity contribution is -0.135. The van der Waals surface area contributed by atoms with Gasteiger partial charge in [0.15, 0.2) is 0 Å². The van der Waals surface area contributed by atoms with Gasteiger partial charge in [-0.3, -0.25) is 9.59 Å². The fourth-order valence-corrected chi connectivity index (χ4v) is 2.96. The molecule has 0 bridgehead atoms. The first-order chi connectivity index (χ1) is 11.4. The predicted molar refractivity (Wildman–Crippen MR) is 91.2 cm³/mol. The lowest BCUT2D eigenvalue weighted by atomic mass is 9.99. The maximum atomic E-state index is 13.8. The Morgan fingerprint density at radius 2 is 1.83 bits per heavy atom. The molecule has 2 amide bonds. The number of likely N-dealkylation sites (tertiary alicyclic amines) is 1. The summed E-state index contributed by atoms with van der Waals surface area (Å²) in [7, 11) is 1.92. The standard InChI is InChI=1S/C18H26FN3O2/c1-12(2)16(18(24)22-10-8-13(20-3)9-11-22)21-17(23)14-6-4-5-7-15(14)19/h4-7,12-13,16,20H,8-11H2,1-3H3,(H,21,23). The van der Waals surface area contributed by atoms with Gasteiger partial charge in [-0.1, -0.05) is 26.0 Å². The number of halogens is 1. The van der Waals surface area contributed by atoms with Crippen molar-refractivity contribution in [2.45, 2.75) is 38.8 Å². The van der Waals surface area contributed by atoms with E-state index in [0.29, 0.717) is 19.1 Å². The second-order valence-electron chi connectivity index (χ2n) is 6.56. The van der Waals surface area contributed by atoms with Crippen molar-refractivity contribution in [2.75, 3.05) is 20.1 Å². The molecule has 1 unspecified atom stereocenters. The summed E-state index contributed by atoms with van der Waals surface area (Å²) in [6.07, 6.45) is 1.79. The molecule has 0 radical (unpaired) electrons. The second-order valence-corrected chi connectivity index (χ2v) is 6.56. The average Bonchev–Trinajstić information content (AvgIpc) is 2.59. The highest BCUT2D eigenvalue weighted by atomic mass is 19.1. The number of nitrogens with one attached hydrogen (secondary N) is 2. The molecule has 1 aromatic rings. The van der Waals surface area contributed by atoms with E-state index in [-0.39, 0.29) is 17.4 Å². The summed E-state index contributed by atoms with van der Waals surface area (Å²) in [5.41, 5.74) is -0.0372. The van der Waals surface area contributed by atoms with Crippen molar-refractivity contribution in [1.29, 1.82) is 0 Å². The van der Waals surface area contributed by atoms with E-state index in [0.717, 1.165) is 12.8 Å². The SMILES string of the molecule is CNC1CCN(C(=O)C(NC(=O)c2ccccc2F)C(C)C)CC1. The van der Waals surface area contributed by atoms with E-state index < -0.39 is 17.8 Å². The van der Waals surface area contributed by atoms with Gasteiger partial charge in [0, 0.05) is 19.1 Å². The Kier molecular flexibility index (Phi) is 6.31. The Morgan fingerprint density at radius 1 is 1.21 bits per heavy atom. The minimum Gasteiger partial charge on any atom is -0.341 e. The molecule has 24 heavy (non-hydrogen) atoms. The molecule has 1 aliphatic rings. The molecule has 5 nitrogen and oxygen atoms in total. The number of amides is 2. The lowest BCUT2D eigenvalue weighted by Gasteiger charge is -2.35. The summed E-state index contributed by atoms with van der Waals surface area (Å²) in [6.45, 7) is 5.10. The molecule has 1 atom stereocenters. The number of piperidine rings is 1. The van der Waals surface area contributed by atoms with Gasteiger partial charge in [-0.25, -0.2) is 4.39 Å². The monoisotopic (exact) mass is 335 g/mol. The van der Waals surface area contributed by atoms with Gasteiger partial charge in [0.1, 0.15) is 11.9 Å². The molecular weight excluding hydrogens is 309 g/mol. The Hall–Kier alpha value is -1.95. The average molecular weight is 335 g/mol. The van der Waals surface area contributed by atoms with Gasteiger partial charge < -0.3 is 15.5 Å². The molecule has 1 heterocycles. The first-order valence-corrected chi connectivity index (χ1v) is 8.45. The van der Waals surface area contributed by atoms with Crippen molar-refractivity contribution >= 4 is 11.8 Å². The number of carbonyl (C=O) groups excluding carboxylic acids is 2. The van der Waals surface area contributed by atoms with E-state index in [1.807, 2.05) is 20.9 Å². The van der Waals surface area contributed by atoms with Crippen LogP contribution in [0.15, 0.2) is 24.3 Å². The van der Waals surface area contributed by atoms with Gasteiger partial charge in [0.25, 0.3) is 5.91 Å². The molecule has 1 saturated heterocycles. The minimum atomic E-state index is -0.650. The molecule has 0 saturated carbocycles. The topological polar surface area (TPSA) is 61.4 Å². The van der Waals surface area contributed by atoms with Crippen molar-refractivity contribution in [2.24, 2.45) is 5.92 Å². The summed E-state index contributed by atoms with van der Waals surface area (Å²) in [5.74, 6) is -1.30. The van der Waals surface area contributed by atoms with Gasteiger partial charge in [-0.05, 0) is 37.9 Å². The van der Waals surface area contributed by atoms with E-state index in [4.69, 9.17) is 0 Å². The van der Waals surface area contributed by atoms with Crippen LogP contribution in [0.5, 0.6) is 0 Å². The zero-order chi connectivity index (χ0) is 17.7. The fraction of sp³-hybridized carbons (Fsp3) is 0.556. The predicted octanol–water partition coefficient (Wildman–Crippen LogP) is 1.79. The first kappa shape index (κ1) is 18.4. The van der Waals surface area contributed by atoms with Crippen molar-refractivity contribution < 1.29 is 14.0 Å². The summed E-state index contributed by atoms with van der Waals surface area (Å²) >= 11 is 0. The molecule has 1 aliphatic heterocycles. The van der Waals surface area contributed by atoms with Crippen molar-refractivity contribution in [3.8, 4) is 0 Å². The second kappa shape index (κ2) is 8.24. The molecule has 6 heteroatoms. The highest BCUT2D eigenvalue weighted by Crippen LogP contribution is 2.15. The summed E-state index contributed by atoms with van der Waals surface area (Å²) in [5, 5.41) is 5.94. The van der Waals surface area contributed by atoms with Crippen LogP contribution in [0.3, 0.4) is 0 Å². The van der Waals surface area contributed by atoms with Gasteiger partial charge in [0.05, 0.1) is 5.56 Å². The highest BCUT2D eigenvalue weighted by Gasteiger charge is 2.31. The molecule has 0 aliphatic carbocycles. The fourth-order valence-electron chi connectivity index (χ4n) is 2.96. The number of nitrogens with zero attached hydrogens (tertiary/aromatic N) is 1. The largest absolute Gasteiger partial charge is 0.341 e. The van der Waals surface area contributed by atoms with Crippen molar-refractivity contribution in [1.82, 2.24) is 15.5 Å². The zero-order valence-corrected chi connectivity index (χ0v) is 14.5. The Balaban J connectivity index is 2.05. The van der Waals surface area contributed by atoms with Crippen LogP contribution in [0, 0.1) is 11.7 Å². The molecule has 132 valence electrons.